The van der Waals surface area contributed by atoms with E-state index in [-0.39, 0.29) is 36.0 Å². The van der Waals surface area contributed by atoms with Gasteiger partial charge < -0.3 is 9.80 Å². The van der Waals surface area contributed by atoms with Crippen molar-refractivity contribution in [2.45, 2.75) is 39.3 Å². The van der Waals surface area contributed by atoms with Crippen LogP contribution in [0.1, 0.15) is 51.8 Å². The fraction of sp³-hybridized carbons (Fsp3) is 0.308. The number of aryl methyl sites for hydroxylation is 1. The largest absolute Gasteiger partial charge is 0.330 e. The fourth-order valence-corrected chi connectivity index (χ4v) is 5.23. The Bertz CT molecular complexity index is 1140. The lowest BCUT2D eigenvalue weighted by atomic mass is 9.90. The third-order valence-corrected chi connectivity index (χ3v) is 7.03. The number of benzene rings is 2. The van der Waals surface area contributed by atoms with Gasteiger partial charge in [-0.1, -0.05) is 30.3 Å². The van der Waals surface area contributed by atoms with Crippen molar-refractivity contribution in [1.29, 1.82) is 0 Å². The molecule has 1 aliphatic rings. The van der Waals surface area contributed by atoms with Gasteiger partial charge in [-0.15, -0.1) is 11.3 Å². The Balaban J connectivity index is 1.64. The summed E-state index contributed by atoms with van der Waals surface area (Å²) in [7, 11) is 0. The van der Waals surface area contributed by atoms with Gasteiger partial charge in [-0.2, -0.15) is 0 Å². The van der Waals surface area contributed by atoms with E-state index in [0.29, 0.717) is 6.54 Å². The molecule has 4 rings (SSSR count). The van der Waals surface area contributed by atoms with E-state index in [2.05, 4.69) is 30.5 Å². The standard InChI is InChI=1S/C26H27FN2O2S/c1-17(2)29(26(31)19-8-6-9-20(27)15-19)16-24(30)28-13-11-23-22(12-14-32-23)25(28)21-10-5-4-7-18(21)3/h4-10,12,14-15,17,25H,11,13,16H2,1-3H3. The first-order valence-corrected chi connectivity index (χ1v) is 11.7. The number of hydrogen-bond acceptors (Lipinski definition) is 3. The van der Waals surface area contributed by atoms with Gasteiger partial charge in [0.2, 0.25) is 5.91 Å². The lowest BCUT2D eigenvalue weighted by molar-refractivity contribution is -0.134. The molecule has 6 heteroatoms. The number of carbonyl (C=O) groups excluding carboxylic acids is 2. The molecule has 1 aromatic heterocycles. The van der Waals surface area contributed by atoms with Gasteiger partial charge in [-0.3, -0.25) is 9.59 Å². The third-order valence-electron chi connectivity index (χ3n) is 6.03. The summed E-state index contributed by atoms with van der Waals surface area (Å²) in [6.07, 6.45) is 0.806. The summed E-state index contributed by atoms with van der Waals surface area (Å²) < 4.78 is 13.7. The summed E-state index contributed by atoms with van der Waals surface area (Å²) in [6.45, 7) is 6.36. The first-order chi connectivity index (χ1) is 15.4. The molecule has 0 bridgehead atoms. The monoisotopic (exact) mass is 450 g/mol. The summed E-state index contributed by atoms with van der Waals surface area (Å²) in [6, 6.07) is 15.5. The molecule has 0 saturated carbocycles. The summed E-state index contributed by atoms with van der Waals surface area (Å²) >= 11 is 1.73. The van der Waals surface area contributed by atoms with E-state index < -0.39 is 5.82 Å². The van der Waals surface area contributed by atoms with E-state index in [1.165, 1.54) is 28.0 Å². The van der Waals surface area contributed by atoms with Crippen LogP contribution in [-0.4, -0.2) is 40.7 Å². The van der Waals surface area contributed by atoms with Gasteiger partial charge in [0, 0.05) is 23.0 Å². The minimum atomic E-state index is -0.466. The zero-order chi connectivity index (χ0) is 22.8. The number of hydrogen-bond donors (Lipinski definition) is 0. The number of fused-ring (bicyclic) bond motifs is 1. The average molecular weight is 451 g/mol. The number of carbonyl (C=O) groups is 2. The van der Waals surface area contributed by atoms with Gasteiger partial charge in [-0.05, 0) is 73.5 Å². The molecule has 3 aromatic rings. The van der Waals surface area contributed by atoms with Crippen LogP contribution in [-0.2, 0) is 11.2 Å². The molecule has 0 radical (unpaired) electrons. The van der Waals surface area contributed by atoms with Gasteiger partial charge in [0.15, 0.2) is 0 Å². The fourth-order valence-electron chi connectivity index (χ4n) is 4.33. The van der Waals surface area contributed by atoms with Crippen LogP contribution in [0.25, 0.3) is 0 Å². The molecule has 1 aliphatic heterocycles. The maximum Gasteiger partial charge on any atom is 0.254 e. The molecule has 0 spiro atoms. The SMILES string of the molecule is Cc1ccccc1C1c2ccsc2CCN1C(=O)CN(C(=O)c1cccc(F)c1)C(C)C. The number of thiophene rings is 1. The first-order valence-electron chi connectivity index (χ1n) is 10.8. The topological polar surface area (TPSA) is 40.6 Å². The maximum atomic E-state index is 13.7. The van der Waals surface area contributed by atoms with Gasteiger partial charge in [0.1, 0.15) is 12.4 Å². The second kappa shape index (κ2) is 9.25. The molecule has 166 valence electrons. The zero-order valence-electron chi connectivity index (χ0n) is 18.5. The predicted octanol–water partition coefficient (Wildman–Crippen LogP) is 5.22. The third kappa shape index (κ3) is 4.32. The molecule has 0 fully saturated rings. The number of halogens is 1. The Labute approximate surface area is 192 Å². The summed E-state index contributed by atoms with van der Waals surface area (Å²) in [4.78, 5) is 31.4. The second-order valence-corrected chi connectivity index (χ2v) is 9.43. The summed E-state index contributed by atoms with van der Waals surface area (Å²) in [5.41, 5.74) is 3.65. The number of nitrogens with zero attached hydrogens (tertiary/aromatic N) is 2. The molecular formula is C26H27FN2O2S. The van der Waals surface area contributed by atoms with Crippen LogP contribution in [0.5, 0.6) is 0 Å². The van der Waals surface area contributed by atoms with Crippen molar-refractivity contribution < 1.29 is 14.0 Å². The predicted molar refractivity (Wildman–Crippen MR) is 125 cm³/mol. The van der Waals surface area contributed by atoms with Gasteiger partial charge >= 0.3 is 0 Å². The van der Waals surface area contributed by atoms with Crippen molar-refractivity contribution in [1.82, 2.24) is 9.80 Å². The quantitative estimate of drug-likeness (QED) is 0.535. The smallest absolute Gasteiger partial charge is 0.254 e. The molecule has 1 unspecified atom stereocenters. The lowest BCUT2D eigenvalue weighted by Crippen LogP contribution is -2.48. The molecule has 4 nitrogen and oxygen atoms in total. The van der Waals surface area contributed by atoms with E-state index in [0.717, 1.165) is 23.1 Å². The molecule has 2 heterocycles. The van der Waals surface area contributed by atoms with E-state index in [4.69, 9.17) is 0 Å². The van der Waals surface area contributed by atoms with Crippen LogP contribution in [0.15, 0.2) is 60.0 Å². The average Bonchev–Trinajstić information content (AvgIpc) is 3.25. The molecule has 0 aliphatic carbocycles. The second-order valence-electron chi connectivity index (χ2n) is 8.43. The number of amides is 2. The molecular weight excluding hydrogens is 423 g/mol. The van der Waals surface area contributed by atoms with Gasteiger partial charge in [0.05, 0.1) is 6.04 Å². The highest BCUT2D eigenvalue weighted by Crippen LogP contribution is 2.39. The minimum absolute atomic E-state index is 0.0468. The van der Waals surface area contributed by atoms with Crippen LogP contribution < -0.4 is 0 Å². The maximum absolute atomic E-state index is 13.7. The summed E-state index contributed by atoms with van der Waals surface area (Å²) in [5.74, 6) is -0.909. The van der Waals surface area contributed by atoms with Crippen molar-refractivity contribution >= 4 is 23.2 Å². The molecule has 32 heavy (non-hydrogen) atoms. The van der Waals surface area contributed by atoms with E-state index >= 15 is 0 Å². The van der Waals surface area contributed by atoms with Crippen LogP contribution >= 0.6 is 11.3 Å². The van der Waals surface area contributed by atoms with E-state index in [1.54, 1.807) is 17.4 Å². The molecule has 2 amide bonds. The van der Waals surface area contributed by atoms with Crippen molar-refractivity contribution in [3.8, 4) is 0 Å². The van der Waals surface area contributed by atoms with Crippen molar-refractivity contribution in [3.05, 3.63) is 92.9 Å². The van der Waals surface area contributed by atoms with Crippen LogP contribution in [0.3, 0.4) is 0 Å². The number of rotatable bonds is 5. The molecule has 0 saturated heterocycles. The van der Waals surface area contributed by atoms with Crippen LogP contribution in [0.2, 0.25) is 0 Å². The highest BCUT2D eigenvalue weighted by atomic mass is 32.1. The lowest BCUT2D eigenvalue weighted by Gasteiger charge is -2.38. The molecule has 2 aromatic carbocycles. The van der Waals surface area contributed by atoms with Crippen molar-refractivity contribution in [3.63, 3.8) is 0 Å². The summed E-state index contributed by atoms with van der Waals surface area (Å²) in [5, 5.41) is 2.08. The molecule has 0 N–H and O–H groups in total. The molecule has 1 atom stereocenters. The van der Waals surface area contributed by atoms with Gasteiger partial charge in [0.25, 0.3) is 5.91 Å². The highest BCUT2D eigenvalue weighted by molar-refractivity contribution is 7.10. The van der Waals surface area contributed by atoms with Crippen LogP contribution in [0, 0.1) is 12.7 Å². The van der Waals surface area contributed by atoms with Crippen molar-refractivity contribution in [2.75, 3.05) is 13.1 Å². The highest BCUT2D eigenvalue weighted by Gasteiger charge is 2.35. The Kier molecular flexibility index (Phi) is 6.42. The Morgan fingerprint density at radius 1 is 1.12 bits per heavy atom. The van der Waals surface area contributed by atoms with E-state index in [9.17, 15) is 14.0 Å². The Morgan fingerprint density at radius 2 is 1.91 bits per heavy atom. The Hall–Kier alpha value is -2.99. The van der Waals surface area contributed by atoms with Gasteiger partial charge in [-0.25, -0.2) is 4.39 Å². The first kappa shape index (κ1) is 22.2. The Morgan fingerprint density at radius 3 is 2.62 bits per heavy atom. The zero-order valence-corrected chi connectivity index (χ0v) is 19.4. The van der Waals surface area contributed by atoms with Crippen molar-refractivity contribution in [2.24, 2.45) is 0 Å². The van der Waals surface area contributed by atoms with E-state index in [1.807, 2.05) is 30.9 Å². The minimum Gasteiger partial charge on any atom is -0.330 e. The van der Waals surface area contributed by atoms with Crippen LogP contribution in [0.4, 0.5) is 4.39 Å². The normalized spacial score (nSPS) is 15.5.